The third-order valence-corrected chi connectivity index (χ3v) is 7.50. The Morgan fingerprint density at radius 3 is 1.51 bits per heavy atom. The Hall–Kier alpha value is -2.36. The highest BCUT2D eigenvalue weighted by atomic mass is 16.5. The minimum absolute atomic E-state index is 0.0175. The van der Waals surface area contributed by atoms with Gasteiger partial charge in [-0.1, -0.05) is 132 Å². The average molecular weight is 599 g/mol. The van der Waals surface area contributed by atoms with E-state index >= 15 is 0 Å². The molecule has 246 valence electrons. The molecule has 0 rings (SSSR count). The van der Waals surface area contributed by atoms with Crippen molar-refractivity contribution in [1.82, 2.24) is 0 Å². The van der Waals surface area contributed by atoms with Crippen LogP contribution in [0.5, 0.6) is 0 Å². The largest absolute Gasteiger partial charge is 0.481 e. The van der Waals surface area contributed by atoms with Gasteiger partial charge in [0.25, 0.3) is 0 Å². The zero-order valence-corrected chi connectivity index (χ0v) is 28.0. The quantitative estimate of drug-likeness (QED) is 0.0490. The van der Waals surface area contributed by atoms with Crippen LogP contribution in [0.4, 0.5) is 0 Å². The zero-order valence-electron chi connectivity index (χ0n) is 28.0. The third kappa shape index (κ3) is 34.0. The normalized spacial score (nSPS) is 13.0. The standard InChI is InChI=1S/C39H66O4/c1-3-5-7-9-11-12-13-14-15-16-17-18-19-20-21-22-24-26-32-36-39(42)43-37(33-29-25-23-10-8-6-4-2)34-30-27-28-31-35-38(40)41/h5,7,11-12,14-15,17-18,20-21,37H,3-4,6,8-10,13,16,19,22-36H2,1-2H3,(H,40,41)/b7-5-,12-11-,15-14-,18-17-,21-20-. The van der Waals surface area contributed by atoms with Gasteiger partial charge in [-0.05, 0) is 83.5 Å². The lowest BCUT2D eigenvalue weighted by Gasteiger charge is -2.18. The van der Waals surface area contributed by atoms with E-state index in [2.05, 4.69) is 74.6 Å². The van der Waals surface area contributed by atoms with E-state index in [4.69, 9.17) is 9.84 Å². The molecule has 0 fully saturated rings. The number of carboxylic acid groups (broad SMARTS) is 1. The van der Waals surface area contributed by atoms with Crippen molar-refractivity contribution >= 4 is 11.9 Å². The number of unbranched alkanes of at least 4 members (excludes halogenated alkanes) is 12. The molecule has 0 heterocycles. The minimum atomic E-state index is -0.719. The van der Waals surface area contributed by atoms with Crippen molar-refractivity contribution in [3.63, 3.8) is 0 Å². The molecule has 4 heteroatoms. The molecule has 0 aliphatic carbocycles. The Morgan fingerprint density at radius 2 is 0.977 bits per heavy atom. The zero-order chi connectivity index (χ0) is 31.5. The smallest absolute Gasteiger partial charge is 0.306 e. The van der Waals surface area contributed by atoms with Crippen LogP contribution < -0.4 is 0 Å². The first kappa shape index (κ1) is 40.6. The summed E-state index contributed by atoms with van der Waals surface area (Å²) in [5.74, 6) is -0.766. The van der Waals surface area contributed by atoms with Crippen LogP contribution in [-0.4, -0.2) is 23.1 Å². The predicted molar refractivity (Wildman–Crippen MR) is 185 cm³/mol. The molecule has 0 aromatic heterocycles. The summed E-state index contributed by atoms with van der Waals surface area (Å²) in [4.78, 5) is 23.2. The predicted octanol–water partition coefficient (Wildman–Crippen LogP) is 12.2. The van der Waals surface area contributed by atoms with Crippen molar-refractivity contribution in [3.05, 3.63) is 60.8 Å². The highest BCUT2D eigenvalue weighted by Gasteiger charge is 2.14. The summed E-state index contributed by atoms with van der Waals surface area (Å²) >= 11 is 0. The topological polar surface area (TPSA) is 63.6 Å². The SMILES string of the molecule is CC/C=C\C/C=C\C/C=C\C/C=C\C/C=C\CCCCCC(=O)OC(CCCCCCCCC)CCCCCCC(=O)O. The summed E-state index contributed by atoms with van der Waals surface area (Å²) in [6.45, 7) is 4.40. The lowest BCUT2D eigenvalue weighted by molar-refractivity contribution is -0.150. The van der Waals surface area contributed by atoms with Crippen molar-refractivity contribution in [2.75, 3.05) is 0 Å². The van der Waals surface area contributed by atoms with Gasteiger partial charge in [-0.3, -0.25) is 9.59 Å². The molecule has 0 aromatic rings. The number of esters is 1. The van der Waals surface area contributed by atoms with Gasteiger partial charge in [0.15, 0.2) is 0 Å². The Bertz CT molecular complexity index is 774. The first-order valence-electron chi connectivity index (χ1n) is 17.8. The van der Waals surface area contributed by atoms with Gasteiger partial charge in [-0.25, -0.2) is 0 Å². The highest BCUT2D eigenvalue weighted by molar-refractivity contribution is 5.69. The second-order valence-electron chi connectivity index (χ2n) is 11.7. The number of carbonyl (C=O) groups is 2. The van der Waals surface area contributed by atoms with E-state index in [1.165, 1.54) is 38.5 Å². The van der Waals surface area contributed by atoms with Crippen LogP contribution in [-0.2, 0) is 14.3 Å². The number of carboxylic acids is 1. The number of rotatable bonds is 31. The van der Waals surface area contributed by atoms with Gasteiger partial charge in [-0.2, -0.15) is 0 Å². The number of hydrogen-bond acceptors (Lipinski definition) is 3. The highest BCUT2D eigenvalue weighted by Crippen LogP contribution is 2.18. The maximum atomic E-state index is 12.5. The van der Waals surface area contributed by atoms with Crippen LogP contribution in [0.1, 0.15) is 168 Å². The van der Waals surface area contributed by atoms with Gasteiger partial charge in [0, 0.05) is 12.8 Å². The maximum Gasteiger partial charge on any atom is 0.306 e. The van der Waals surface area contributed by atoms with E-state index in [9.17, 15) is 9.59 Å². The van der Waals surface area contributed by atoms with Crippen molar-refractivity contribution in [2.24, 2.45) is 0 Å². The van der Waals surface area contributed by atoms with E-state index < -0.39 is 5.97 Å². The van der Waals surface area contributed by atoms with E-state index in [0.717, 1.165) is 103 Å². The summed E-state index contributed by atoms with van der Waals surface area (Å²) < 4.78 is 5.91. The van der Waals surface area contributed by atoms with Gasteiger partial charge in [0.2, 0.25) is 0 Å². The number of hydrogen-bond donors (Lipinski definition) is 1. The van der Waals surface area contributed by atoms with E-state index in [1.54, 1.807) is 0 Å². The molecule has 0 bridgehead atoms. The second-order valence-corrected chi connectivity index (χ2v) is 11.7. The fraction of sp³-hybridized carbons (Fsp3) is 0.692. The monoisotopic (exact) mass is 598 g/mol. The third-order valence-electron chi connectivity index (χ3n) is 7.50. The molecule has 0 aromatic carbocycles. The molecule has 0 aliphatic rings. The Morgan fingerprint density at radius 1 is 0.535 bits per heavy atom. The van der Waals surface area contributed by atoms with Crippen LogP contribution in [0, 0.1) is 0 Å². The van der Waals surface area contributed by atoms with Crippen molar-refractivity contribution in [1.29, 1.82) is 0 Å². The van der Waals surface area contributed by atoms with Crippen LogP contribution >= 0.6 is 0 Å². The number of carbonyl (C=O) groups excluding carboxylic acids is 1. The molecular formula is C39H66O4. The van der Waals surface area contributed by atoms with Crippen molar-refractivity contribution < 1.29 is 19.4 Å². The number of aliphatic carboxylic acids is 1. The summed E-state index contributed by atoms with van der Waals surface area (Å²) in [7, 11) is 0. The molecule has 0 aliphatic heterocycles. The van der Waals surface area contributed by atoms with Gasteiger partial charge in [-0.15, -0.1) is 0 Å². The molecule has 43 heavy (non-hydrogen) atoms. The van der Waals surface area contributed by atoms with Gasteiger partial charge in [0.1, 0.15) is 6.10 Å². The summed E-state index contributed by atoms with van der Waals surface area (Å²) in [6, 6.07) is 0. The maximum absolute atomic E-state index is 12.5. The lowest BCUT2D eigenvalue weighted by Crippen LogP contribution is -2.18. The molecule has 4 nitrogen and oxygen atoms in total. The first-order valence-corrected chi connectivity index (χ1v) is 17.8. The fourth-order valence-electron chi connectivity index (χ4n) is 4.91. The van der Waals surface area contributed by atoms with E-state index in [1.807, 2.05) is 0 Å². The van der Waals surface area contributed by atoms with Crippen molar-refractivity contribution in [2.45, 2.75) is 174 Å². The average Bonchev–Trinajstić information content (AvgIpc) is 2.99. The molecule has 0 radical (unpaired) electrons. The molecule has 1 unspecified atom stereocenters. The van der Waals surface area contributed by atoms with Crippen LogP contribution in [0.2, 0.25) is 0 Å². The first-order chi connectivity index (χ1) is 21.1. The molecule has 0 spiro atoms. The van der Waals surface area contributed by atoms with Crippen LogP contribution in [0.25, 0.3) is 0 Å². The summed E-state index contributed by atoms with van der Waals surface area (Å²) in [5, 5.41) is 8.80. The molecule has 0 amide bonds. The van der Waals surface area contributed by atoms with E-state index in [0.29, 0.717) is 6.42 Å². The fourth-order valence-corrected chi connectivity index (χ4v) is 4.91. The number of ether oxygens (including phenoxy) is 1. The molecule has 1 atom stereocenters. The summed E-state index contributed by atoms with van der Waals surface area (Å²) in [6.07, 6.45) is 46.6. The van der Waals surface area contributed by atoms with Crippen LogP contribution in [0.15, 0.2) is 60.8 Å². The minimum Gasteiger partial charge on any atom is -0.481 e. The Balaban J connectivity index is 4.01. The van der Waals surface area contributed by atoms with Gasteiger partial charge in [0.05, 0.1) is 0 Å². The van der Waals surface area contributed by atoms with Gasteiger partial charge >= 0.3 is 11.9 Å². The van der Waals surface area contributed by atoms with Crippen molar-refractivity contribution in [3.8, 4) is 0 Å². The lowest BCUT2D eigenvalue weighted by atomic mass is 10.0. The van der Waals surface area contributed by atoms with Gasteiger partial charge < -0.3 is 9.84 Å². The Labute approximate surface area is 265 Å². The van der Waals surface area contributed by atoms with Crippen LogP contribution in [0.3, 0.4) is 0 Å². The Kier molecular flexibility index (Phi) is 32.3. The molecule has 1 N–H and O–H groups in total. The molecule has 0 saturated carbocycles. The number of allylic oxidation sites excluding steroid dienone is 10. The summed E-state index contributed by atoms with van der Waals surface area (Å²) in [5.41, 5.74) is 0. The van der Waals surface area contributed by atoms with E-state index in [-0.39, 0.29) is 18.5 Å². The molecule has 0 saturated heterocycles. The second kappa shape index (κ2) is 34.1. The molecular weight excluding hydrogens is 532 g/mol.